The van der Waals surface area contributed by atoms with Crippen LogP contribution >= 0.6 is 11.8 Å². The number of aromatic nitrogens is 3. The third-order valence-electron chi connectivity index (χ3n) is 3.64. The quantitative estimate of drug-likeness (QED) is 0.597. The Hall–Kier alpha value is -2.02. The van der Waals surface area contributed by atoms with Crippen molar-refractivity contribution in [1.29, 1.82) is 0 Å². The monoisotopic (exact) mass is 335 g/mol. The van der Waals surface area contributed by atoms with Gasteiger partial charge < -0.3 is 14.0 Å². The minimum atomic E-state index is -0.292. The Bertz CT molecular complexity index is 700. The molecule has 0 saturated heterocycles. The lowest BCUT2D eigenvalue weighted by Crippen LogP contribution is -2.11. The van der Waals surface area contributed by atoms with Gasteiger partial charge in [-0.25, -0.2) is 0 Å². The van der Waals surface area contributed by atoms with E-state index < -0.39 is 0 Å². The van der Waals surface area contributed by atoms with Crippen LogP contribution in [-0.2, 0) is 16.6 Å². The predicted octanol–water partition coefficient (Wildman–Crippen LogP) is 2.84. The second kappa shape index (κ2) is 7.50. The average molecular weight is 335 g/mol. The van der Waals surface area contributed by atoms with E-state index in [9.17, 15) is 4.79 Å². The maximum Gasteiger partial charge on any atom is 0.316 e. The number of carbonyl (C=O) groups excluding carboxylic acids is 1. The Labute approximate surface area is 140 Å². The molecule has 1 atom stereocenters. The molecular weight excluding hydrogens is 314 g/mol. The fourth-order valence-corrected chi connectivity index (χ4v) is 2.83. The Morgan fingerprint density at radius 3 is 2.78 bits per heavy atom. The maximum absolute atomic E-state index is 11.2. The number of benzene rings is 1. The Morgan fingerprint density at radius 1 is 1.35 bits per heavy atom. The van der Waals surface area contributed by atoms with Gasteiger partial charge in [0.25, 0.3) is 0 Å². The van der Waals surface area contributed by atoms with Crippen LogP contribution in [-0.4, -0.2) is 33.6 Å². The normalized spacial score (nSPS) is 12.0. The summed E-state index contributed by atoms with van der Waals surface area (Å²) in [5.74, 6) is 1.45. The predicted molar refractivity (Wildman–Crippen MR) is 88.7 cm³/mol. The van der Waals surface area contributed by atoms with Crippen LogP contribution in [0.15, 0.2) is 23.4 Å². The molecule has 0 aliphatic rings. The van der Waals surface area contributed by atoms with Crippen LogP contribution in [0.25, 0.3) is 0 Å². The first-order valence-corrected chi connectivity index (χ1v) is 8.24. The molecule has 6 nitrogen and oxygen atoms in total. The maximum atomic E-state index is 11.2. The van der Waals surface area contributed by atoms with Crippen LogP contribution < -0.4 is 4.74 Å². The van der Waals surface area contributed by atoms with Crippen LogP contribution in [0.3, 0.4) is 0 Å². The highest BCUT2D eigenvalue weighted by atomic mass is 32.2. The van der Waals surface area contributed by atoms with E-state index in [4.69, 9.17) is 4.74 Å². The summed E-state index contributed by atoms with van der Waals surface area (Å²) >= 11 is 1.29. The fraction of sp³-hybridized carbons (Fsp3) is 0.438. The van der Waals surface area contributed by atoms with E-state index in [1.165, 1.54) is 24.4 Å². The molecule has 0 aliphatic heterocycles. The van der Waals surface area contributed by atoms with Gasteiger partial charge in [-0.1, -0.05) is 23.9 Å². The second-order valence-corrected chi connectivity index (χ2v) is 6.17. The van der Waals surface area contributed by atoms with Crippen molar-refractivity contribution in [3.8, 4) is 5.75 Å². The zero-order valence-corrected chi connectivity index (χ0v) is 14.8. The lowest BCUT2D eigenvalue weighted by Gasteiger charge is -2.16. The van der Waals surface area contributed by atoms with Crippen LogP contribution in [0.4, 0.5) is 0 Å². The van der Waals surface area contributed by atoms with Crippen molar-refractivity contribution in [1.82, 2.24) is 14.8 Å². The molecule has 124 valence electrons. The molecule has 1 heterocycles. The number of methoxy groups -OCH3 is 1. The molecule has 0 bridgehead atoms. The molecular formula is C16H21N3O3S. The number of ether oxygens (including phenoxy) is 2. The first-order valence-electron chi connectivity index (χ1n) is 7.25. The standard InChI is InChI=1S/C16H21N3O3S/c1-10-7-6-8-13(11(10)2)22-12(3)15-17-18-16(19(15)4)23-9-14(20)21-5/h6-8,12H,9H2,1-5H3. The van der Waals surface area contributed by atoms with E-state index in [0.717, 1.165) is 11.3 Å². The number of esters is 1. The molecule has 0 spiro atoms. The van der Waals surface area contributed by atoms with Gasteiger partial charge in [-0.2, -0.15) is 0 Å². The molecule has 1 aromatic heterocycles. The van der Waals surface area contributed by atoms with Gasteiger partial charge in [0, 0.05) is 7.05 Å². The molecule has 1 unspecified atom stereocenters. The highest BCUT2D eigenvalue weighted by molar-refractivity contribution is 7.99. The fourth-order valence-electron chi connectivity index (χ4n) is 2.08. The lowest BCUT2D eigenvalue weighted by atomic mass is 10.1. The second-order valence-electron chi connectivity index (χ2n) is 5.22. The molecule has 0 aliphatic carbocycles. The zero-order valence-electron chi connectivity index (χ0n) is 14.0. The SMILES string of the molecule is COC(=O)CSc1nnc(C(C)Oc2cccc(C)c2C)n1C. The summed E-state index contributed by atoms with van der Waals surface area (Å²) in [4.78, 5) is 11.2. The third-order valence-corrected chi connectivity index (χ3v) is 4.63. The largest absolute Gasteiger partial charge is 0.482 e. The number of thioether (sulfide) groups is 1. The van der Waals surface area contributed by atoms with Gasteiger partial charge >= 0.3 is 5.97 Å². The molecule has 7 heteroatoms. The van der Waals surface area contributed by atoms with Crippen LogP contribution in [0, 0.1) is 13.8 Å². The number of nitrogens with zero attached hydrogens (tertiary/aromatic N) is 3. The molecule has 0 N–H and O–H groups in total. The Balaban J connectivity index is 2.11. The van der Waals surface area contributed by atoms with Crippen LogP contribution in [0.2, 0.25) is 0 Å². The summed E-state index contributed by atoms with van der Waals surface area (Å²) < 4.78 is 12.5. The number of aryl methyl sites for hydroxylation is 1. The molecule has 0 amide bonds. The number of rotatable bonds is 6. The van der Waals surface area contributed by atoms with Crippen molar-refractivity contribution in [3.05, 3.63) is 35.2 Å². The van der Waals surface area contributed by atoms with Crippen molar-refractivity contribution < 1.29 is 14.3 Å². The smallest absolute Gasteiger partial charge is 0.316 e. The van der Waals surface area contributed by atoms with E-state index in [2.05, 4.69) is 27.9 Å². The molecule has 0 saturated carbocycles. The summed E-state index contributed by atoms with van der Waals surface area (Å²) in [6, 6.07) is 5.97. The molecule has 2 rings (SSSR count). The van der Waals surface area contributed by atoms with Gasteiger partial charge in [-0.05, 0) is 38.0 Å². The van der Waals surface area contributed by atoms with Gasteiger partial charge in [0.05, 0.1) is 12.9 Å². The molecule has 1 aromatic carbocycles. The summed E-state index contributed by atoms with van der Waals surface area (Å²) in [5.41, 5.74) is 2.30. The first-order chi connectivity index (χ1) is 10.9. The van der Waals surface area contributed by atoms with Crippen LogP contribution in [0.5, 0.6) is 5.75 Å². The van der Waals surface area contributed by atoms with Gasteiger partial charge in [0.2, 0.25) is 0 Å². The van der Waals surface area contributed by atoms with Crippen LogP contribution in [0.1, 0.15) is 30.0 Å². The lowest BCUT2D eigenvalue weighted by molar-refractivity contribution is -0.137. The van der Waals surface area contributed by atoms with Crippen molar-refractivity contribution >= 4 is 17.7 Å². The van der Waals surface area contributed by atoms with Gasteiger partial charge in [0.15, 0.2) is 17.1 Å². The summed E-state index contributed by atoms with van der Waals surface area (Å²) in [5, 5.41) is 8.95. The van der Waals surface area contributed by atoms with E-state index in [0.29, 0.717) is 11.0 Å². The van der Waals surface area contributed by atoms with Crippen molar-refractivity contribution in [2.45, 2.75) is 32.0 Å². The van der Waals surface area contributed by atoms with Gasteiger partial charge in [-0.15, -0.1) is 10.2 Å². The van der Waals surface area contributed by atoms with Gasteiger partial charge in [-0.3, -0.25) is 4.79 Å². The summed E-state index contributed by atoms with van der Waals surface area (Å²) in [6.07, 6.45) is -0.250. The number of carbonyl (C=O) groups is 1. The van der Waals surface area contributed by atoms with E-state index in [1.807, 2.05) is 37.6 Å². The molecule has 0 fully saturated rings. The topological polar surface area (TPSA) is 66.2 Å². The van der Waals surface area contributed by atoms with Crippen molar-refractivity contribution in [2.75, 3.05) is 12.9 Å². The van der Waals surface area contributed by atoms with E-state index >= 15 is 0 Å². The minimum Gasteiger partial charge on any atom is -0.482 e. The first kappa shape index (κ1) is 17.3. The minimum absolute atomic E-state index is 0.203. The van der Waals surface area contributed by atoms with E-state index in [1.54, 1.807) is 0 Å². The Kier molecular flexibility index (Phi) is 5.65. The third kappa shape index (κ3) is 4.04. The van der Waals surface area contributed by atoms with Gasteiger partial charge in [0.1, 0.15) is 5.75 Å². The summed E-state index contributed by atoms with van der Waals surface area (Å²) in [7, 11) is 3.23. The molecule has 0 radical (unpaired) electrons. The summed E-state index contributed by atoms with van der Waals surface area (Å²) in [6.45, 7) is 6.02. The number of hydrogen-bond donors (Lipinski definition) is 0. The molecule has 2 aromatic rings. The highest BCUT2D eigenvalue weighted by Crippen LogP contribution is 2.27. The average Bonchev–Trinajstić information content (AvgIpc) is 2.90. The Morgan fingerprint density at radius 2 is 2.09 bits per heavy atom. The van der Waals surface area contributed by atoms with E-state index in [-0.39, 0.29) is 17.8 Å². The highest BCUT2D eigenvalue weighted by Gasteiger charge is 2.18. The van der Waals surface area contributed by atoms with Crippen molar-refractivity contribution in [2.24, 2.45) is 7.05 Å². The molecule has 23 heavy (non-hydrogen) atoms. The van der Waals surface area contributed by atoms with Crippen molar-refractivity contribution in [3.63, 3.8) is 0 Å². The number of hydrogen-bond acceptors (Lipinski definition) is 6. The zero-order chi connectivity index (χ0) is 17.0.